The van der Waals surface area contributed by atoms with Gasteiger partial charge < -0.3 is 9.84 Å². The zero-order valence-corrected chi connectivity index (χ0v) is 17.3. The number of ether oxygens (including phenoxy) is 1. The summed E-state index contributed by atoms with van der Waals surface area (Å²) in [7, 11) is 1.61. The first-order valence-electron chi connectivity index (χ1n) is 10.5. The second kappa shape index (κ2) is 5.57. The summed E-state index contributed by atoms with van der Waals surface area (Å²) in [6.07, 6.45) is 8.70. The normalized spacial score (nSPS) is 40.9. The molecule has 1 aromatic carbocycles. The first-order chi connectivity index (χ1) is 13.5. The van der Waals surface area contributed by atoms with Crippen LogP contribution in [0.25, 0.3) is 0 Å². The maximum Gasteiger partial charge on any atom is 0.169 e. The number of hydrogen-bond acceptors (Lipinski definition) is 5. The number of phenolic OH excluding ortho intramolecular Hbond substituents is 1. The summed E-state index contributed by atoms with van der Waals surface area (Å²) < 4.78 is 5.48. The third-order valence-electron chi connectivity index (χ3n) is 8.30. The first-order valence-corrected chi connectivity index (χ1v) is 11.5. The highest BCUT2D eigenvalue weighted by Crippen LogP contribution is 2.72. The highest BCUT2D eigenvalue weighted by molar-refractivity contribution is 8.01. The minimum Gasteiger partial charge on any atom is -0.504 e. The number of benzene rings is 1. The predicted octanol–water partition coefficient (Wildman–Crippen LogP) is 3.31. The van der Waals surface area contributed by atoms with Gasteiger partial charge in [-0.2, -0.15) is 0 Å². The molecule has 0 radical (unpaired) electrons. The number of allylic oxidation sites excluding steroid dienone is 1. The topological polar surface area (TPSA) is 49.8 Å². The molecule has 1 aromatic rings. The Morgan fingerprint density at radius 3 is 2.93 bits per heavy atom. The van der Waals surface area contributed by atoms with Crippen LogP contribution in [0.3, 0.4) is 0 Å². The summed E-state index contributed by atoms with van der Waals surface area (Å²) in [6, 6.07) is 4.43. The Balaban J connectivity index is 1.63. The molecule has 1 saturated carbocycles. The number of fused-ring (bicyclic) bond motifs is 1. The van der Waals surface area contributed by atoms with Gasteiger partial charge in [0.2, 0.25) is 0 Å². The van der Waals surface area contributed by atoms with Crippen molar-refractivity contribution in [2.24, 2.45) is 11.3 Å². The van der Waals surface area contributed by atoms with Crippen LogP contribution in [0.4, 0.5) is 0 Å². The molecule has 2 aliphatic heterocycles. The number of rotatable bonds is 3. The smallest absolute Gasteiger partial charge is 0.169 e. The van der Waals surface area contributed by atoms with Crippen molar-refractivity contribution < 1.29 is 14.6 Å². The zero-order valence-electron chi connectivity index (χ0n) is 16.5. The van der Waals surface area contributed by atoms with Gasteiger partial charge in [0.1, 0.15) is 0 Å². The number of carbonyl (C=O) groups is 1. The maximum atomic E-state index is 13.1. The number of phenols is 1. The van der Waals surface area contributed by atoms with Gasteiger partial charge >= 0.3 is 0 Å². The summed E-state index contributed by atoms with van der Waals surface area (Å²) in [5.74, 6) is 1.86. The SMILES string of the molecule is COc1ccc2c(c1O)C13CCN(CC4CC4)C(C2)C12C=CC(=O)C3SC2C. The summed E-state index contributed by atoms with van der Waals surface area (Å²) in [5, 5.41) is 11.5. The molecule has 5 unspecified atom stereocenters. The molecule has 0 spiro atoms. The van der Waals surface area contributed by atoms with E-state index in [-0.39, 0.29) is 27.6 Å². The van der Waals surface area contributed by atoms with E-state index in [2.05, 4.69) is 24.0 Å². The van der Waals surface area contributed by atoms with Crippen molar-refractivity contribution in [1.29, 1.82) is 0 Å². The second-order valence-corrected chi connectivity index (χ2v) is 10.8. The fourth-order valence-electron chi connectivity index (χ4n) is 7.00. The van der Waals surface area contributed by atoms with Gasteiger partial charge in [-0.3, -0.25) is 9.69 Å². The molecule has 5 aliphatic rings. The highest BCUT2D eigenvalue weighted by atomic mass is 32.2. The summed E-state index contributed by atoms with van der Waals surface area (Å²) >= 11 is 1.84. The lowest BCUT2D eigenvalue weighted by Gasteiger charge is -2.63. The van der Waals surface area contributed by atoms with Gasteiger partial charge in [-0.15, -0.1) is 11.8 Å². The number of thioether (sulfide) groups is 1. The van der Waals surface area contributed by atoms with E-state index in [0.29, 0.717) is 17.0 Å². The Bertz CT molecular complexity index is 909. The van der Waals surface area contributed by atoms with Crippen LogP contribution < -0.4 is 4.74 Å². The third kappa shape index (κ3) is 1.86. The molecular weight excluding hydrogens is 370 g/mol. The molecule has 0 amide bonds. The lowest BCUT2D eigenvalue weighted by Crippen LogP contribution is -2.70. The summed E-state index contributed by atoms with van der Waals surface area (Å²) in [6.45, 7) is 4.51. The number of likely N-dealkylation sites (tertiary alicyclic amines) is 1. The lowest BCUT2D eigenvalue weighted by molar-refractivity contribution is -0.120. The summed E-state index contributed by atoms with van der Waals surface area (Å²) in [5.41, 5.74) is 1.80. The maximum absolute atomic E-state index is 13.1. The third-order valence-corrected chi connectivity index (χ3v) is 10.0. The van der Waals surface area contributed by atoms with Crippen molar-refractivity contribution in [2.45, 2.75) is 54.6 Å². The van der Waals surface area contributed by atoms with Crippen molar-refractivity contribution in [1.82, 2.24) is 4.90 Å². The molecular formula is C23H27NO3S. The number of aromatic hydroxyl groups is 1. The zero-order chi connectivity index (χ0) is 19.3. The molecule has 3 aliphatic carbocycles. The van der Waals surface area contributed by atoms with Crippen molar-refractivity contribution in [3.63, 3.8) is 0 Å². The van der Waals surface area contributed by atoms with E-state index in [1.165, 1.54) is 24.9 Å². The molecule has 1 N–H and O–H groups in total. The molecule has 148 valence electrons. The second-order valence-electron chi connectivity index (χ2n) is 9.36. The van der Waals surface area contributed by atoms with E-state index < -0.39 is 0 Å². The van der Waals surface area contributed by atoms with Crippen molar-refractivity contribution in [2.75, 3.05) is 20.2 Å². The molecule has 6 rings (SSSR count). The summed E-state index contributed by atoms with van der Waals surface area (Å²) in [4.78, 5) is 15.8. The van der Waals surface area contributed by atoms with Gasteiger partial charge in [0, 0.05) is 34.2 Å². The van der Waals surface area contributed by atoms with Crippen LogP contribution >= 0.6 is 11.8 Å². The van der Waals surface area contributed by atoms with Crippen molar-refractivity contribution in [3.8, 4) is 11.5 Å². The fourth-order valence-corrected chi connectivity index (χ4v) is 8.97. The standard InChI is InChI=1S/C23H27NO3S/c1-13-22-8-7-16(25)21(28-13)23(22)9-10-24(12-14-3-4-14)18(22)11-15-5-6-17(27-2)20(26)19(15)23/h5-8,13-14,18,21,26H,3-4,9-12H2,1-2H3. The van der Waals surface area contributed by atoms with E-state index in [1.807, 2.05) is 23.9 Å². The van der Waals surface area contributed by atoms with E-state index >= 15 is 0 Å². The van der Waals surface area contributed by atoms with Gasteiger partial charge in [0.25, 0.3) is 0 Å². The van der Waals surface area contributed by atoms with E-state index in [9.17, 15) is 9.90 Å². The Morgan fingerprint density at radius 2 is 2.18 bits per heavy atom. The minimum atomic E-state index is -0.320. The molecule has 28 heavy (non-hydrogen) atoms. The molecule has 2 saturated heterocycles. The van der Waals surface area contributed by atoms with Crippen LogP contribution in [-0.4, -0.2) is 52.5 Å². The largest absolute Gasteiger partial charge is 0.504 e. The van der Waals surface area contributed by atoms with Crippen LogP contribution in [0.1, 0.15) is 37.3 Å². The average molecular weight is 398 g/mol. The minimum absolute atomic E-state index is 0.0970. The van der Waals surface area contributed by atoms with Crippen molar-refractivity contribution in [3.05, 3.63) is 35.4 Å². The number of methoxy groups -OCH3 is 1. The molecule has 4 bridgehead atoms. The van der Waals surface area contributed by atoms with Gasteiger partial charge in [0.15, 0.2) is 17.3 Å². The Hall–Kier alpha value is -1.46. The van der Waals surface area contributed by atoms with Gasteiger partial charge in [-0.05, 0) is 55.9 Å². The average Bonchev–Trinajstić information content (AvgIpc) is 3.47. The number of hydrogen-bond donors (Lipinski definition) is 1. The molecule has 2 heterocycles. The number of nitrogens with zero attached hydrogens (tertiary/aromatic N) is 1. The van der Waals surface area contributed by atoms with E-state index in [0.717, 1.165) is 30.9 Å². The van der Waals surface area contributed by atoms with Crippen LogP contribution in [0.2, 0.25) is 0 Å². The van der Waals surface area contributed by atoms with Crippen LogP contribution in [-0.2, 0) is 16.6 Å². The van der Waals surface area contributed by atoms with Crippen molar-refractivity contribution >= 4 is 17.5 Å². The quantitative estimate of drug-likeness (QED) is 0.848. The number of ketones is 1. The monoisotopic (exact) mass is 397 g/mol. The van der Waals surface area contributed by atoms with E-state index in [1.54, 1.807) is 7.11 Å². The fraction of sp³-hybridized carbons (Fsp3) is 0.609. The Kier molecular flexibility index (Phi) is 3.46. The van der Waals surface area contributed by atoms with Crippen LogP contribution in [0, 0.1) is 11.3 Å². The van der Waals surface area contributed by atoms with E-state index in [4.69, 9.17) is 4.74 Å². The van der Waals surface area contributed by atoms with Gasteiger partial charge in [-0.1, -0.05) is 19.1 Å². The molecule has 5 heteroatoms. The predicted molar refractivity (Wildman–Crippen MR) is 110 cm³/mol. The molecule has 0 aromatic heterocycles. The first kappa shape index (κ1) is 17.4. The number of piperidine rings is 1. The van der Waals surface area contributed by atoms with Crippen LogP contribution in [0.5, 0.6) is 11.5 Å². The molecule has 5 atom stereocenters. The number of carbonyl (C=O) groups excluding carboxylic acids is 1. The molecule has 3 fully saturated rings. The van der Waals surface area contributed by atoms with Crippen LogP contribution in [0.15, 0.2) is 24.3 Å². The molecule has 4 nitrogen and oxygen atoms in total. The Morgan fingerprint density at radius 1 is 1.36 bits per heavy atom. The van der Waals surface area contributed by atoms with Gasteiger partial charge in [0.05, 0.1) is 12.4 Å². The lowest BCUT2D eigenvalue weighted by atomic mass is 9.44. The Labute approximate surface area is 170 Å². The highest BCUT2D eigenvalue weighted by Gasteiger charge is 2.74. The van der Waals surface area contributed by atoms with Gasteiger partial charge in [-0.25, -0.2) is 0 Å².